The third-order valence-corrected chi connectivity index (χ3v) is 3.77. The molecule has 82 valence electrons. The van der Waals surface area contributed by atoms with E-state index in [2.05, 4.69) is 15.9 Å². The second-order valence-electron chi connectivity index (χ2n) is 4.49. The van der Waals surface area contributed by atoms with Crippen LogP contribution in [0.15, 0.2) is 12.2 Å². The van der Waals surface area contributed by atoms with Gasteiger partial charge in [0, 0.05) is 0 Å². The zero-order valence-electron chi connectivity index (χ0n) is 8.40. The van der Waals surface area contributed by atoms with Gasteiger partial charge in [0.1, 0.15) is 6.10 Å². The largest absolute Gasteiger partial charge is 0.455 e. The van der Waals surface area contributed by atoms with Gasteiger partial charge in [-0.25, -0.2) is 4.79 Å². The third kappa shape index (κ3) is 1.06. The van der Waals surface area contributed by atoms with Gasteiger partial charge in [0.25, 0.3) is 0 Å². The van der Waals surface area contributed by atoms with Crippen LogP contribution in [0.3, 0.4) is 0 Å². The average Bonchev–Trinajstić information content (AvgIpc) is 2.44. The molecule has 1 spiro atoms. The van der Waals surface area contributed by atoms with E-state index in [4.69, 9.17) is 14.2 Å². The van der Waals surface area contributed by atoms with Gasteiger partial charge in [0.05, 0.1) is 4.83 Å². The maximum atomic E-state index is 11.6. The van der Waals surface area contributed by atoms with E-state index in [1.807, 2.05) is 12.2 Å². The molecule has 2 heterocycles. The number of hydrogen-bond donors (Lipinski definition) is 0. The minimum absolute atomic E-state index is 0.00366. The highest BCUT2D eigenvalue weighted by molar-refractivity contribution is 9.09. The zero-order chi connectivity index (χ0) is 10.8. The van der Waals surface area contributed by atoms with Crippen molar-refractivity contribution in [2.45, 2.75) is 42.3 Å². The standard InChI is InChI=1S/C10H11BrO4/c1-9(2)14-6-4-3-5(11)7-10(6,15-9)8(12)13-7/h3-7H,1-2H3/t5?,6-,7-,10-/m1/s1. The first-order valence-corrected chi connectivity index (χ1v) is 5.79. The molecule has 0 bridgehead atoms. The van der Waals surface area contributed by atoms with Crippen LogP contribution in [0.2, 0.25) is 0 Å². The van der Waals surface area contributed by atoms with E-state index in [0.717, 1.165) is 0 Å². The Balaban J connectivity index is 2.05. The summed E-state index contributed by atoms with van der Waals surface area (Å²) in [6, 6.07) is 0. The highest BCUT2D eigenvalue weighted by atomic mass is 79.9. The van der Waals surface area contributed by atoms with Crippen molar-refractivity contribution in [3.63, 3.8) is 0 Å². The summed E-state index contributed by atoms with van der Waals surface area (Å²) in [7, 11) is 0. The molecule has 0 saturated carbocycles. The Bertz CT molecular complexity index is 364. The van der Waals surface area contributed by atoms with Crippen molar-refractivity contribution < 1.29 is 19.0 Å². The van der Waals surface area contributed by atoms with E-state index in [9.17, 15) is 4.79 Å². The van der Waals surface area contributed by atoms with Crippen LogP contribution in [0.5, 0.6) is 0 Å². The summed E-state index contributed by atoms with van der Waals surface area (Å²) in [5.74, 6) is -1.05. The number of alkyl halides is 1. The quantitative estimate of drug-likeness (QED) is 0.378. The van der Waals surface area contributed by atoms with Gasteiger partial charge in [-0.1, -0.05) is 28.1 Å². The lowest BCUT2D eigenvalue weighted by Gasteiger charge is -2.48. The second kappa shape index (κ2) is 2.64. The second-order valence-corrected chi connectivity index (χ2v) is 5.55. The minimum atomic E-state index is -0.924. The smallest absolute Gasteiger partial charge is 0.346 e. The van der Waals surface area contributed by atoms with Crippen LogP contribution in [-0.4, -0.2) is 34.4 Å². The molecule has 3 rings (SSSR count). The highest BCUT2D eigenvalue weighted by Crippen LogP contribution is 2.51. The topological polar surface area (TPSA) is 44.8 Å². The van der Waals surface area contributed by atoms with Gasteiger partial charge in [-0.15, -0.1) is 0 Å². The van der Waals surface area contributed by atoms with Gasteiger partial charge < -0.3 is 14.2 Å². The first-order chi connectivity index (χ1) is 6.96. The molecule has 0 N–H and O–H groups in total. The van der Waals surface area contributed by atoms with Crippen LogP contribution >= 0.6 is 15.9 Å². The lowest BCUT2D eigenvalue weighted by molar-refractivity contribution is -0.250. The van der Waals surface area contributed by atoms with Crippen molar-refractivity contribution in [3.8, 4) is 0 Å². The number of esters is 1. The Morgan fingerprint density at radius 1 is 1.40 bits per heavy atom. The van der Waals surface area contributed by atoms with Crippen molar-refractivity contribution in [3.05, 3.63) is 12.2 Å². The molecule has 15 heavy (non-hydrogen) atoms. The van der Waals surface area contributed by atoms with Crippen LogP contribution in [0.1, 0.15) is 13.8 Å². The number of hydrogen-bond acceptors (Lipinski definition) is 4. The number of carbonyl (C=O) groups is 1. The molecule has 0 aromatic rings. The van der Waals surface area contributed by atoms with Crippen LogP contribution in [0, 0.1) is 0 Å². The van der Waals surface area contributed by atoms with Gasteiger partial charge >= 0.3 is 5.97 Å². The summed E-state index contributed by atoms with van der Waals surface area (Å²) in [6.07, 6.45) is 3.20. The Morgan fingerprint density at radius 3 is 2.80 bits per heavy atom. The van der Waals surface area contributed by atoms with Gasteiger partial charge in [-0.05, 0) is 13.8 Å². The molecule has 1 unspecified atom stereocenters. The molecule has 3 aliphatic rings. The number of halogens is 1. The monoisotopic (exact) mass is 274 g/mol. The summed E-state index contributed by atoms with van der Waals surface area (Å²) in [6.45, 7) is 3.61. The van der Waals surface area contributed by atoms with E-state index in [1.165, 1.54) is 0 Å². The predicted molar refractivity (Wildman–Crippen MR) is 54.5 cm³/mol. The predicted octanol–water partition coefficient (Wildman–Crippen LogP) is 1.14. The molecular weight excluding hydrogens is 264 g/mol. The molecule has 5 heteroatoms. The molecule has 2 aliphatic heterocycles. The first kappa shape index (κ1) is 9.81. The fourth-order valence-corrected chi connectivity index (χ4v) is 3.08. The number of ether oxygens (including phenoxy) is 3. The van der Waals surface area contributed by atoms with Crippen molar-refractivity contribution in [1.82, 2.24) is 0 Å². The lowest BCUT2D eigenvalue weighted by atomic mass is 9.79. The molecule has 4 nitrogen and oxygen atoms in total. The number of rotatable bonds is 0. The van der Waals surface area contributed by atoms with Crippen molar-refractivity contribution >= 4 is 21.9 Å². The summed E-state index contributed by atoms with van der Waals surface area (Å²) in [5, 5.41) is 0. The van der Waals surface area contributed by atoms with E-state index >= 15 is 0 Å². The third-order valence-electron chi connectivity index (χ3n) is 2.98. The maximum Gasteiger partial charge on any atom is 0.346 e. The van der Waals surface area contributed by atoms with Gasteiger partial charge in [-0.3, -0.25) is 0 Å². The molecule has 0 radical (unpaired) electrons. The first-order valence-electron chi connectivity index (χ1n) is 4.87. The summed E-state index contributed by atoms with van der Waals surface area (Å²) in [5.41, 5.74) is -0.924. The molecule has 1 aliphatic carbocycles. The Kier molecular flexibility index (Phi) is 1.73. The lowest BCUT2D eigenvalue weighted by Crippen LogP contribution is -2.71. The minimum Gasteiger partial charge on any atom is -0.455 e. The van der Waals surface area contributed by atoms with Gasteiger partial charge in [-0.2, -0.15) is 0 Å². The molecule has 2 saturated heterocycles. The summed E-state index contributed by atoms with van der Waals surface area (Å²) < 4.78 is 16.5. The van der Waals surface area contributed by atoms with Crippen LogP contribution in [0.4, 0.5) is 0 Å². The van der Waals surface area contributed by atoms with Crippen LogP contribution in [0.25, 0.3) is 0 Å². The van der Waals surface area contributed by atoms with E-state index in [-0.39, 0.29) is 23.0 Å². The normalized spacial score (nSPS) is 50.3. The van der Waals surface area contributed by atoms with Gasteiger partial charge in [0.2, 0.25) is 5.60 Å². The zero-order valence-corrected chi connectivity index (χ0v) is 9.98. The SMILES string of the molecule is CC1(C)O[C@@H]2C=CC(Br)[C@H]3OC(=O)[C@]32O1. The van der Waals surface area contributed by atoms with E-state index in [0.29, 0.717) is 0 Å². The average molecular weight is 275 g/mol. The number of carbonyl (C=O) groups excluding carboxylic acids is 1. The van der Waals surface area contributed by atoms with Crippen molar-refractivity contribution in [2.75, 3.05) is 0 Å². The molecule has 4 atom stereocenters. The van der Waals surface area contributed by atoms with Gasteiger partial charge in [0.15, 0.2) is 11.9 Å². The van der Waals surface area contributed by atoms with Crippen LogP contribution in [-0.2, 0) is 19.0 Å². The summed E-state index contributed by atoms with van der Waals surface area (Å²) >= 11 is 3.44. The molecular formula is C10H11BrO4. The molecule has 0 amide bonds. The molecule has 0 aromatic heterocycles. The molecule has 2 fully saturated rings. The molecule has 0 aromatic carbocycles. The fourth-order valence-electron chi connectivity index (χ4n) is 2.40. The Morgan fingerprint density at radius 2 is 2.13 bits per heavy atom. The highest BCUT2D eigenvalue weighted by Gasteiger charge is 2.73. The fraction of sp³-hybridized carbons (Fsp3) is 0.700. The van der Waals surface area contributed by atoms with Crippen LogP contribution < -0.4 is 0 Å². The maximum absolute atomic E-state index is 11.6. The summed E-state index contributed by atoms with van der Waals surface area (Å²) in [4.78, 5) is 11.6. The Labute approximate surface area is 95.7 Å². The van der Waals surface area contributed by atoms with E-state index in [1.54, 1.807) is 13.8 Å². The van der Waals surface area contributed by atoms with Crippen molar-refractivity contribution in [1.29, 1.82) is 0 Å². The Hall–Kier alpha value is -0.390. The van der Waals surface area contributed by atoms with Crippen molar-refractivity contribution in [2.24, 2.45) is 0 Å². The van der Waals surface area contributed by atoms with E-state index < -0.39 is 11.4 Å².